The van der Waals surface area contributed by atoms with Gasteiger partial charge in [-0.15, -0.1) is 0 Å². The number of carbonyl (C=O) groups excluding carboxylic acids is 1. The lowest BCUT2D eigenvalue weighted by Crippen LogP contribution is -2.31. The van der Waals surface area contributed by atoms with Crippen LogP contribution in [-0.4, -0.2) is 14.3 Å². The fraction of sp³-hybridized carbons (Fsp3) is 0.174. The van der Waals surface area contributed by atoms with Gasteiger partial charge in [0.15, 0.2) is 0 Å². The Bertz CT molecular complexity index is 1100. The molecule has 0 aliphatic heterocycles. The molecule has 0 aliphatic carbocycles. The van der Waals surface area contributed by atoms with Gasteiger partial charge in [0.1, 0.15) is 5.82 Å². The van der Waals surface area contributed by atoms with E-state index in [9.17, 15) is 17.6 Å². The number of hydrogen-bond donors (Lipinski definition) is 2. The van der Waals surface area contributed by atoms with Crippen LogP contribution in [0.25, 0.3) is 0 Å². The first-order valence-electron chi connectivity index (χ1n) is 9.50. The van der Waals surface area contributed by atoms with Gasteiger partial charge in [-0.3, -0.25) is 9.52 Å². The average Bonchev–Trinajstić information content (AvgIpc) is 2.73. The second kappa shape index (κ2) is 9.09. The summed E-state index contributed by atoms with van der Waals surface area (Å²) >= 11 is 0. The highest BCUT2D eigenvalue weighted by atomic mass is 32.2. The van der Waals surface area contributed by atoms with Gasteiger partial charge in [-0.1, -0.05) is 44.2 Å². The minimum Gasteiger partial charge on any atom is -0.345 e. The van der Waals surface area contributed by atoms with Crippen LogP contribution in [0.2, 0.25) is 0 Å². The van der Waals surface area contributed by atoms with Gasteiger partial charge >= 0.3 is 0 Å². The highest BCUT2D eigenvalue weighted by Gasteiger charge is 2.20. The molecule has 7 heteroatoms. The van der Waals surface area contributed by atoms with E-state index in [4.69, 9.17) is 0 Å². The van der Waals surface area contributed by atoms with Crippen LogP contribution in [0.4, 0.5) is 10.1 Å². The number of sulfonamides is 1. The van der Waals surface area contributed by atoms with Crippen molar-refractivity contribution in [1.29, 1.82) is 0 Å². The molecule has 3 aromatic rings. The lowest BCUT2D eigenvalue weighted by Gasteiger charge is -2.23. The van der Waals surface area contributed by atoms with Crippen molar-refractivity contribution < 1.29 is 17.6 Å². The summed E-state index contributed by atoms with van der Waals surface area (Å²) in [6, 6.07) is 20.0. The molecule has 1 unspecified atom stereocenters. The molecule has 0 fully saturated rings. The van der Waals surface area contributed by atoms with Gasteiger partial charge in [-0.2, -0.15) is 0 Å². The van der Waals surface area contributed by atoms with Crippen molar-refractivity contribution in [3.05, 3.63) is 95.8 Å². The van der Waals surface area contributed by atoms with Gasteiger partial charge in [-0.05, 0) is 60.0 Å². The Hall–Kier alpha value is -3.19. The average molecular weight is 427 g/mol. The van der Waals surface area contributed by atoms with E-state index in [-0.39, 0.29) is 28.6 Å². The minimum atomic E-state index is -3.70. The third kappa shape index (κ3) is 5.24. The van der Waals surface area contributed by atoms with Gasteiger partial charge in [-0.25, -0.2) is 12.8 Å². The zero-order chi connectivity index (χ0) is 21.7. The van der Waals surface area contributed by atoms with Crippen LogP contribution >= 0.6 is 0 Å². The fourth-order valence-corrected chi connectivity index (χ4v) is 4.11. The summed E-state index contributed by atoms with van der Waals surface area (Å²) in [7, 11) is -3.70. The summed E-state index contributed by atoms with van der Waals surface area (Å²) in [6.07, 6.45) is 0. The molecule has 0 saturated carbocycles. The minimum absolute atomic E-state index is 0.0939. The maximum absolute atomic E-state index is 13.2. The van der Waals surface area contributed by atoms with Crippen molar-refractivity contribution >= 4 is 21.6 Å². The van der Waals surface area contributed by atoms with E-state index in [0.29, 0.717) is 11.3 Å². The molecular weight excluding hydrogens is 403 g/mol. The molecule has 1 amide bonds. The number of amides is 1. The van der Waals surface area contributed by atoms with Crippen molar-refractivity contribution in [2.24, 2.45) is 5.92 Å². The SMILES string of the molecule is CC(C)C(NC(=O)c1ccc(NS(=O)(=O)c2ccccc2)cc1)c1ccc(F)cc1. The largest absolute Gasteiger partial charge is 0.345 e. The molecule has 5 nitrogen and oxygen atoms in total. The summed E-state index contributed by atoms with van der Waals surface area (Å²) in [5, 5.41) is 2.96. The molecule has 0 spiro atoms. The molecule has 0 heterocycles. The van der Waals surface area contributed by atoms with Crippen LogP contribution in [-0.2, 0) is 10.0 Å². The maximum Gasteiger partial charge on any atom is 0.261 e. The summed E-state index contributed by atoms with van der Waals surface area (Å²) < 4.78 is 40.5. The van der Waals surface area contributed by atoms with Gasteiger partial charge in [0.2, 0.25) is 0 Å². The normalized spacial score (nSPS) is 12.4. The first-order valence-corrected chi connectivity index (χ1v) is 11.0. The van der Waals surface area contributed by atoms with E-state index in [1.807, 2.05) is 13.8 Å². The molecule has 30 heavy (non-hydrogen) atoms. The van der Waals surface area contributed by atoms with Crippen LogP contribution < -0.4 is 10.0 Å². The van der Waals surface area contributed by atoms with Crippen molar-refractivity contribution in [2.75, 3.05) is 4.72 Å². The van der Waals surface area contributed by atoms with Crippen LogP contribution in [0.3, 0.4) is 0 Å². The van der Waals surface area contributed by atoms with Crippen molar-refractivity contribution in [3.63, 3.8) is 0 Å². The van der Waals surface area contributed by atoms with Gasteiger partial charge < -0.3 is 5.32 Å². The van der Waals surface area contributed by atoms with Crippen LogP contribution in [0.1, 0.15) is 35.8 Å². The smallest absolute Gasteiger partial charge is 0.261 e. The van der Waals surface area contributed by atoms with E-state index in [0.717, 1.165) is 5.56 Å². The Kier molecular flexibility index (Phi) is 6.52. The van der Waals surface area contributed by atoms with E-state index >= 15 is 0 Å². The van der Waals surface area contributed by atoms with Gasteiger partial charge in [0, 0.05) is 11.3 Å². The Morgan fingerprint density at radius 3 is 2.03 bits per heavy atom. The number of nitrogens with one attached hydrogen (secondary N) is 2. The van der Waals surface area contributed by atoms with Crippen LogP contribution in [0, 0.1) is 11.7 Å². The van der Waals surface area contributed by atoms with E-state index in [1.54, 1.807) is 42.5 Å². The van der Waals surface area contributed by atoms with Crippen molar-refractivity contribution in [1.82, 2.24) is 5.32 Å². The summed E-state index contributed by atoms with van der Waals surface area (Å²) in [4.78, 5) is 12.9. The Morgan fingerprint density at radius 1 is 0.867 bits per heavy atom. The molecule has 0 aliphatic rings. The zero-order valence-corrected chi connectivity index (χ0v) is 17.5. The standard InChI is InChI=1S/C23H23FN2O3S/c1-16(2)22(17-8-12-19(24)13-9-17)25-23(27)18-10-14-20(15-11-18)26-30(28,29)21-6-4-3-5-7-21/h3-16,22,26H,1-2H3,(H,25,27). The van der Waals surface area contributed by atoms with Crippen LogP contribution in [0.15, 0.2) is 83.8 Å². The topological polar surface area (TPSA) is 75.3 Å². The van der Waals surface area contributed by atoms with Crippen LogP contribution in [0.5, 0.6) is 0 Å². The fourth-order valence-electron chi connectivity index (χ4n) is 3.03. The molecule has 0 saturated heterocycles. The number of carbonyl (C=O) groups is 1. The molecule has 156 valence electrons. The number of anilines is 1. The maximum atomic E-state index is 13.2. The predicted molar refractivity (Wildman–Crippen MR) is 115 cm³/mol. The van der Waals surface area contributed by atoms with Crippen molar-refractivity contribution in [3.8, 4) is 0 Å². The Labute approximate surface area is 176 Å². The summed E-state index contributed by atoms with van der Waals surface area (Å²) in [6.45, 7) is 3.94. The zero-order valence-electron chi connectivity index (χ0n) is 16.7. The predicted octanol–water partition coefficient (Wildman–Crippen LogP) is 4.75. The molecule has 0 bridgehead atoms. The van der Waals surface area contributed by atoms with E-state index in [1.165, 1.54) is 36.4 Å². The number of benzene rings is 3. The third-order valence-electron chi connectivity index (χ3n) is 4.64. The molecular formula is C23H23FN2O3S. The van der Waals surface area contributed by atoms with Gasteiger partial charge in [0.25, 0.3) is 15.9 Å². The third-order valence-corrected chi connectivity index (χ3v) is 6.03. The highest BCUT2D eigenvalue weighted by molar-refractivity contribution is 7.92. The number of rotatable bonds is 7. The first-order chi connectivity index (χ1) is 14.3. The quantitative estimate of drug-likeness (QED) is 0.572. The lowest BCUT2D eigenvalue weighted by molar-refractivity contribution is 0.0925. The number of hydrogen-bond acceptors (Lipinski definition) is 3. The Morgan fingerprint density at radius 2 is 1.47 bits per heavy atom. The molecule has 3 rings (SSSR count). The first kappa shape index (κ1) is 21.5. The number of halogens is 1. The molecule has 0 aromatic heterocycles. The summed E-state index contributed by atoms with van der Waals surface area (Å²) in [5.41, 5.74) is 1.56. The Balaban J connectivity index is 1.72. The van der Waals surface area contributed by atoms with E-state index in [2.05, 4.69) is 10.0 Å². The summed E-state index contributed by atoms with van der Waals surface area (Å²) in [5.74, 6) is -0.534. The molecule has 3 aromatic carbocycles. The second-order valence-corrected chi connectivity index (χ2v) is 8.93. The monoisotopic (exact) mass is 426 g/mol. The lowest BCUT2D eigenvalue weighted by atomic mass is 9.95. The van der Waals surface area contributed by atoms with Gasteiger partial charge in [0.05, 0.1) is 10.9 Å². The molecule has 0 radical (unpaired) electrons. The second-order valence-electron chi connectivity index (χ2n) is 7.24. The highest BCUT2D eigenvalue weighted by Crippen LogP contribution is 2.23. The molecule has 2 N–H and O–H groups in total. The molecule has 1 atom stereocenters. The van der Waals surface area contributed by atoms with E-state index < -0.39 is 10.0 Å². The van der Waals surface area contributed by atoms with Crippen molar-refractivity contribution in [2.45, 2.75) is 24.8 Å².